The first kappa shape index (κ1) is 23.6. The summed E-state index contributed by atoms with van der Waals surface area (Å²) >= 11 is 0. The Labute approximate surface area is 135 Å². The van der Waals surface area contributed by atoms with Crippen LogP contribution in [0.5, 0.6) is 0 Å². The highest BCUT2D eigenvalue weighted by Gasteiger charge is 2.17. The summed E-state index contributed by atoms with van der Waals surface area (Å²) in [4.78, 5) is 0. The molecule has 4 N–H and O–H groups in total. The maximum Gasteiger partial charge on any atom is 0.211 e. The average Bonchev–Trinajstić information content (AvgIpc) is 2.36. The fraction of sp³-hybridized carbons (Fsp3) is 0.714. The van der Waals surface area contributed by atoms with Gasteiger partial charge in [0.2, 0.25) is 20.0 Å². The molecule has 0 rings (SSSR count). The van der Waals surface area contributed by atoms with Crippen molar-refractivity contribution in [2.24, 2.45) is 22.1 Å². The molecule has 0 aromatic heterocycles. The number of sulfonamides is 2. The Morgan fingerprint density at radius 2 is 1.00 bits per heavy atom. The van der Waals surface area contributed by atoms with E-state index in [4.69, 9.17) is 10.3 Å². The Morgan fingerprint density at radius 3 is 1.14 bits per heavy atom. The molecular formula is C14H30N2O4S2. The van der Waals surface area contributed by atoms with E-state index in [1.165, 1.54) is 0 Å². The van der Waals surface area contributed by atoms with E-state index in [2.05, 4.69) is 13.2 Å². The van der Waals surface area contributed by atoms with Crippen molar-refractivity contribution < 1.29 is 16.8 Å². The minimum atomic E-state index is -3.36. The first-order chi connectivity index (χ1) is 9.75. The molecule has 8 heteroatoms. The summed E-state index contributed by atoms with van der Waals surface area (Å²) in [5.41, 5.74) is 0. The maximum absolute atomic E-state index is 10.7. The SMILES string of the molecule is C=C[C@@H](C)C[C@@H](C)S(N)(=O)=O.C=C[C@H](C)C[C@@H](C)S(N)(=O)=O. The third kappa shape index (κ3) is 11.9. The lowest BCUT2D eigenvalue weighted by molar-refractivity contribution is 0.558. The lowest BCUT2D eigenvalue weighted by Gasteiger charge is -2.11. The molecule has 132 valence electrons. The van der Waals surface area contributed by atoms with Crippen molar-refractivity contribution in [1.29, 1.82) is 0 Å². The highest BCUT2D eigenvalue weighted by atomic mass is 32.2. The summed E-state index contributed by atoms with van der Waals surface area (Å²) in [7, 11) is -6.71. The number of nitrogens with two attached hydrogens (primary N) is 2. The molecule has 0 saturated heterocycles. The van der Waals surface area contributed by atoms with Crippen molar-refractivity contribution in [3.8, 4) is 0 Å². The van der Waals surface area contributed by atoms with E-state index in [0.717, 1.165) is 0 Å². The van der Waals surface area contributed by atoms with Gasteiger partial charge in [0, 0.05) is 0 Å². The van der Waals surface area contributed by atoms with E-state index < -0.39 is 30.5 Å². The number of hydrogen-bond donors (Lipinski definition) is 2. The van der Waals surface area contributed by atoms with Crippen molar-refractivity contribution in [3.05, 3.63) is 25.3 Å². The molecule has 0 aromatic carbocycles. The van der Waals surface area contributed by atoms with Gasteiger partial charge in [-0.05, 0) is 38.5 Å². The zero-order valence-electron chi connectivity index (χ0n) is 13.9. The van der Waals surface area contributed by atoms with Crippen LogP contribution >= 0.6 is 0 Å². The molecule has 4 atom stereocenters. The van der Waals surface area contributed by atoms with Crippen LogP contribution in [0.2, 0.25) is 0 Å². The van der Waals surface area contributed by atoms with Gasteiger partial charge in [-0.2, -0.15) is 0 Å². The van der Waals surface area contributed by atoms with Gasteiger partial charge >= 0.3 is 0 Å². The van der Waals surface area contributed by atoms with E-state index >= 15 is 0 Å². The molecule has 0 spiro atoms. The second-order valence-electron chi connectivity index (χ2n) is 5.70. The lowest BCUT2D eigenvalue weighted by Crippen LogP contribution is -2.27. The Morgan fingerprint density at radius 1 is 0.773 bits per heavy atom. The van der Waals surface area contributed by atoms with Crippen LogP contribution in [0.3, 0.4) is 0 Å². The Hall–Kier alpha value is -0.700. The van der Waals surface area contributed by atoms with Gasteiger partial charge < -0.3 is 0 Å². The van der Waals surface area contributed by atoms with Gasteiger partial charge in [-0.3, -0.25) is 0 Å². The molecule has 0 aliphatic heterocycles. The highest BCUT2D eigenvalue weighted by Crippen LogP contribution is 2.11. The van der Waals surface area contributed by atoms with Gasteiger partial charge in [0.05, 0.1) is 10.5 Å². The molecule has 0 bridgehead atoms. The molecule has 0 aliphatic carbocycles. The van der Waals surface area contributed by atoms with Crippen LogP contribution in [0.4, 0.5) is 0 Å². The van der Waals surface area contributed by atoms with Crippen molar-refractivity contribution >= 4 is 20.0 Å². The summed E-state index contributed by atoms with van der Waals surface area (Å²) in [6.45, 7) is 14.2. The lowest BCUT2D eigenvalue weighted by atomic mass is 10.1. The molecule has 0 amide bonds. The predicted octanol–water partition coefficient (Wildman–Crippen LogP) is 1.75. The van der Waals surface area contributed by atoms with Crippen LogP contribution in [0.1, 0.15) is 40.5 Å². The molecule has 0 aromatic rings. The van der Waals surface area contributed by atoms with Crippen LogP contribution < -0.4 is 10.3 Å². The van der Waals surface area contributed by atoms with Crippen LogP contribution in [0.25, 0.3) is 0 Å². The van der Waals surface area contributed by atoms with Crippen LogP contribution in [-0.2, 0) is 20.0 Å². The third-order valence-corrected chi connectivity index (χ3v) is 5.96. The summed E-state index contributed by atoms with van der Waals surface area (Å²) in [5, 5.41) is 8.89. The quantitative estimate of drug-likeness (QED) is 0.645. The van der Waals surface area contributed by atoms with E-state index in [9.17, 15) is 16.8 Å². The van der Waals surface area contributed by atoms with Gasteiger partial charge in [-0.25, -0.2) is 27.1 Å². The standard InChI is InChI=1S/2C7H15NO2S/c2*1-4-6(2)5-7(3)11(8,9)10/h2*4,6-7H,1,5H2,2-3H3,(H2,8,9,10)/t6-,7+;6-,7-/m01/s1. The van der Waals surface area contributed by atoms with Crippen molar-refractivity contribution in [2.75, 3.05) is 0 Å². The Bertz CT molecular complexity index is 491. The number of hydrogen-bond acceptors (Lipinski definition) is 4. The monoisotopic (exact) mass is 354 g/mol. The van der Waals surface area contributed by atoms with Crippen molar-refractivity contribution in [3.63, 3.8) is 0 Å². The molecule has 0 fully saturated rings. The smallest absolute Gasteiger partial charge is 0.211 e. The van der Waals surface area contributed by atoms with Gasteiger partial charge in [0.1, 0.15) is 0 Å². The van der Waals surface area contributed by atoms with E-state index in [1.54, 1.807) is 26.0 Å². The highest BCUT2D eigenvalue weighted by molar-refractivity contribution is 7.90. The number of allylic oxidation sites excluding steroid dienone is 2. The van der Waals surface area contributed by atoms with Gasteiger partial charge in [0.25, 0.3) is 0 Å². The molecule has 0 aliphatic rings. The molecule has 0 unspecified atom stereocenters. The minimum Gasteiger partial charge on any atom is -0.228 e. The van der Waals surface area contributed by atoms with Crippen molar-refractivity contribution in [2.45, 2.75) is 51.0 Å². The normalized spacial score (nSPS) is 17.4. The van der Waals surface area contributed by atoms with Gasteiger partial charge in [0.15, 0.2) is 0 Å². The van der Waals surface area contributed by atoms with Crippen molar-refractivity contribution in [1.82, 2.24) is 0 Å². The van der Waals surface area contributed by atoms with Gasteiger partial charge in [-0.15, -0.1) is 13.2 Å². The summed E-state index contributed by atoms with van der Waals surface area (Å²) in [5.74, 6) is 0.395. The Balaban J connectivity index is 0. The van der Waals surface area contributed by atoms with Crippen LogP contribution in [-0.4, -0.2) is 27.3 Å². The van der Waals surface area contributed by atoms with Gasteiger partial charge in [-0.1, -0.05) is 26.0 Å². The number of rotatable bonds is 8. The van der Waals surface area contributed by atoms with E-state index in [1.807, 2.05) is 13.8 Å². The van der Waals surface area contributed by atoms with Crippen LogP contribution in [0.15, 0.2) is 25.3 Å². The fourth-order valence-corrected chi connectivity index (χ4v) is 2.65. The summed E-state index contributed by atoms with van der Waals surface area (Å²) in [6, 6.07) is 0. The first-order valence-electron chi connectivity index (χ1n) is 7.04. The molecular weight excluding hydrogens is 324 g/mol. The first-order valence-corrected chi connectivity index (χ1v) is 10.3. The zero-order valence-corrected chi connectivity index (χ0v) is 15.5. The summed E-state index contributed by atoms with van der Waals surface area (Å²) in [6.07, 6.45) is 4.54. The number of primary sulfonamides is 2. The molecule has 0 heterocycles. The largest absolute Gasteiger partial charge is 0.228 e. The summed E-state index contributed by atoms with van der Waals surface area (Å²) < 4.78 is 42.9. The molecule has 22 heavy (non-hydrogen) atoms. The fourth-order valence-electron chi connectivity index (χ4n) is 1.51. The predicted molar refractivity (Wildman–Crippen MR) is 93.1 cm³/mol. The van der Waals surface area contributed by atoms with E-state index in [0.29, 0.717) is 12.8 Å². The minimum absolute atomic E-state index is 0.198. The second kappa shape index (κ2) is 10.1. The Kier molecular flexibility index (Phi) is 10.9. The topological polar surface area (TPSA) is 120 Å². The van der Waals surface area contributed by atoms with Crippen LogP contribution in [0, 0.1) is 11.8 Å². The second-order valence-corrected chi connectivity index (χ2v) is 9.66. The third-order valence-electron chi connectivity index (χ3n) is 3.33. The molecule has 0 radical (unpaired) electrons. The zero-order chi connectivity index (χ0) is 18.1. The van der Waals surface area contributed by atoms with E-state index in [-0.39, 0.29) is 11.8 Å². The molecule has 6 nitrogen and oxygen atoms in total. The molecule has 0 saturated carbocycles. The maximum atomic E-state index is 10.7. The average molecular weight is 355 g/mol.